The van der Waals surface area contributed by atoms with E-state index in [2.05, 4.69) is 10.5 Å². The molecule has 1 aromatic heterocycles. The van der Waals surface area contributed by atoms with Gasteiger partial charge >= 0.3 is 0 Å². The van der Waals surface area contributed by atoms with Crippen molar-refractivity contribution in [2.75, 3.05) is 7.11 Å². The molecule has 0 saturated heterocycles. The van der Waals surface area contributed by atoms with Crippen LogP contribution < -0.4 is 15.3 Å². The van der Waals surface area contributed by atoms with E-state index < -0.39 is 22.3 Å². The maximum atomic E-state index is 12.2. The van der Waals surface area contributed by atoms with Crippen LogP contribution in [0.15, 0.2) is 41.5 Å². The minimum atomic E-state index is -0.858. The van der Waals surface area contributed by atoms with Crippen molar-refractivity contribution in [3.8, 4) is 17.2 Å². The standard InChI is InChI=1S/C17H13N3O6S/c1-26-10-6-9(14(21)12(7-10)20(24)25)8-18-19-17(23)16-15(22)11-4-2-3-5-13(11)27-16/h2-8,21-22H,1H3,(H,19,23)/p-1/b18-8+. The van der Waals surface area contributed by atoms with Gasteiger partial charge in [-0.05, 0) is 29.5 Å². The number of methoxy groups -OCH3 is 1. The summed E-state index contributed by atoms with van der Waals surface area (Å²) >= 11 is 1.09. The lowest BCUT2D eigenvalue weighted by Crippen LogP contribution is -2.16. The maximum Gasteiger partial charge on any atom is 0.285 e. The first kappa shape index (κ1) is 18.1. The number of hydrogen-bond acceptors (Lipinski definition) is 8. The fourth-order valence-corrected chi connectivity index (χ4v) is 3.34. The van der Waals surface area contributed by atoms with Crippen LogP contribution in [0.3, 0.4) is 0 Å². The SMILES string of the molecule is COc1cc(/C=N/NC(=O)c2sc3ccccc3c2O)c([O-])c([N+](=O)[O-])c1. The number of carbonyl (C=O) groups is 1. The van der Waals surface area contributed by atoms with Gasteiger partial charge < -0.3 is 14.9 Å². The number of nitrogens with one attached hydrogen (secondary N) is 1. The van der Waals surface area contributed by atoms with Gasteiger partial charge in [0.2, 0.25) is 0 Å². The number of hydrogen-bond donors (Lipinski definition) is 2. The lowest BCUT2D eigenvalue weighted by atomic mass is 10.1. The molecule has 0 unspecified atom stereocenters. The molecule has 0 aliphatic rings. The zero-order chi connectivity index (χ0) is 19.6. The molecule has 0 bridgehead atoms. The number of aromatic hydroxyl groups is 1. The average molecular weight is 386 g/mol. The molecule has 0 aliphatic carbocycles. The number of fused-ring (bicyclic) bond motifs is 1. The van der Waals surface area contributed by atoms with Crippen molar-refractivity contribution < 1.29 is 24.7 Å². The minimum absolute atomic E-state index is 0.0623. The third kappa shape index (κ3) is 3.51. The molecule has 3 aromatic rings. The fraction of sp³-hybridized carbons (Fsp3) is 0.0588. The molecule has 27 heavy (non-hydrogen) atoms. The molecule has 1 amide bonds. The van der Waals surface area contributed by atoms with Gasteiger partial charge in [0, 0.05) is 10.1 Å². The summed E-state index contributed by atoms with van der Waals surface area (Å²) in [6.07, 6.45) is 0.986. The largest absolute Gasteiger partial charge is 0.867 e. The highest BCUT2D eigenvalue weighted by Gasteiger charge is 2.17. The van der Waals surface area contributed by atoms with E-state index in [1.807, 2.05) is 0 Å². The molecular formula is C17H12N3O6S-. The van der Waals surface area contributed by atoms with Crippen LogP contribution in [0.25, 0.3) is 10.1 Å². The number of thiophene rings is 1. The zero-order valence-corrected chi connectivity index (χ0v) is 14.6. The van der Waals surface area contributed by atoms with Gasteiger partial charge in [-0.25, -0.2) is 5.43 Å². The summed E-state index contributed by atoms with van der Waals surface area (Å²) in [7, 11) is 1.30. The number of amides is 1. The van der Waals surface area contributed by atoms with E-state index in [9.17, 15) is 25.1 Å². The first-order chi connectivity index (χ1) is 12.9. The molecular weight excluding hydrogens is 374 g/mol. The smallest absolute Gasteiger partial charge is 0.285 e. The van der Waals surface area contributed by atoms with E-state index in [1.54, 1.807) is 24.3 Å². The van der Waals surface area contributed by atoms with Crippen LogP contribution in [0.1, 0.15) is 15.2 Å². The Morgan fingerprint density at radius 3 is 2.78 bits per heavy atom. The summed E-state index contributed by atoms with van der Waals surface area (Å²) < 4.78 is 5.65. The van der Waals surface area contributed by atoms with Crippen molar-refractivity contribution in [3.63, 3.8) is 0 Å². The van der Waals surface area contributed by atoms with Gasteiger partial charge in [0.05, 0.1) is 24.3 Å². The van der Waals surface area contributed by atoms with Crippen LogP contribution in [0.4, 0.5) is 5.69 Å². The van der Waals surface area contributed by atoms with Crippen molar-refractivity contribution >= 4 is 39.2 Å². The zero-order valence-electron chi connectivity index (χ0n) is 13.8. The molecule has 0 atom stereocenters. The fourth-order valence-electron chi connectivity index (χ4n) is 2.36. The second-order valence-electron chi connectivity index (χ2n) is 5.30. The van der Waals surface area contributed by atoms with Gasteiger partial charge in [0.1, 0.15) is 16.4 Å². The second-order valence-corrected chi connectivity index (χ2v) is 6.35. The monoisotopic (exact) mass is 386 g/mol. The first-order valence-electron chi connectivity index (χ1n) is 7.49. The molecule has 0 saturated carbocycles. The van der Waals surface area contributed by atoms with Crippen molar-refractivity contribution in [1.29, 1.82) is 0 Å². The predicted octanol–water partition coefficient (Wildman–Crippen LogP) is 2.36. The third-order valence-corrected chi connectivity index (χ3v) is 4.81. The normalized spacial score (nSPS) is 11.0. The summed E-state index contributed by atoms with van der Waals surface area (Å²) in [4.78, 5) is 22.4. The molecule has 3 rings (SSSR count). The number of carbonyl (C=O) groups excluding carboxylic acids is 1. The van der Waals surface area contributed by atoms with Gasteiger partial charge in [0.15, 0.2) is 0 Å². The van der Waals surface area contributed by atoms with E-state index in [1.165, 1.54) is 13.2 Å². The predicted molar refractivity (Wildman–Crippen MR) is 97.6 cm³/mol. The number of nitro groups is 1. The molecule has 9 nitrogen and oxygen atoms in total. The lowest BCUT2D eigenvalue weighted by molar-refractivity contribution is -0.398. The topological polar surface area (TPSA) is 137 Å². The number of nitrogens with zero attached hydrogens (tertiary/aromatic N) is 2. The molecule has 138 valence electrons. The van der Waals surface area contributed by atoms with Crippen LogP contribution >= 0.6 is 11.3 Å². The number of rotatable bonds is 5. The Bertz CT molecular complexity index is 1080. The van der Waals surface area contributed by atoms with Gasteiger partial charge in [-0.1, -0.05) is 12.1 Å². The quantitative estimate of drug-likeness (QED) is 0.392. The molecule has 0 spiro atoms. The summed E-state index contributed by atoms with van der Waals surface area (Å²) in [5.41, 5.74) is 1.41. The van der Waals surface area contributed by atoms with Crippen LogP contribution in [0, 0.1) is 10.1 Å². The summed E-state index contributed by atoms with van der Waals surface area (Å²) in [5.74, 6) is -1.58. The highest BCUT2D eigenvalue weighted by molar-refractivity contribution is 7.21. The van der Waals surface area contributed by atoms with Crippen molar-refractivity contribution in [2.45, 2.75) is 0 Å². The van der Waals surface area contributed by atoms with Crippen molar-refractivity contribution in [3.05, 3.63) is 57.0 Å². The van der Waals surface area contributed by atoms with Gasteiger partial charge in [-0.3, -0.25) is 14.9 Å². The number of nitro benzene ring substituents is 1. The average Bonchev–Trinajstić information content (AvgIpc) is 3.00. The Labute approximate surface area is 156 Å². The molecule has 2 aromatic carbocycles. The Morgan fingerprint density at radius 2 is 2.11 bits per heavy atom. The first-order valence-corrected chi connectivity index (χ1v) is 8.31. The second kappa shape index (κ2) is 7.30. The lowest BCUT2D eigenvalue weighted by Gasteiger charge is -2.12. The highest BCUT2D eigenvalue weighted by Crippen LogP contribution is 2.36. The van der Waals surface area contributed by atoms with Gasteiger partial charge in [-0.2, -0.15) is 5.10 Å². The van der Waals surface area contributed by atoms with Crippen LogP contribution in [0.5, 0.6) is 17.2 Å². The molecule has 0 fully saturated rings. The highest BCUT2D eigenvalue weighted by atomic mass is 32.1. The number of benzene rings is 2. The molecule has 0 radical (unpaired) electrons. The van der Waals surface area contributed by atoms with Gasteiger partial charge in [-0.15, -0.1) is 11.3 Å². The van der Waals surface area contributed by atoms with Gasteiger partial charge in [0.25, 0.3) is 11.6 Å². The molecule has 0 aliphatic heterocycles. The molecule has 10 heteroatoms. The third-order valence-electron chi connectivity index (χ3n) is 3.65. The van der Waals surface area contributed by atoms with Crippen LogP contribution in [0.2, 0.25) is 0 Å². The number of hydrazone groups is 1. The Balaban J connectivity index is 1.84. The minimum Gasteiger partial charge on any atom is -0.867 e. The van der Waals surface area contributed by atoms with E-state index >= 15 is 0 Å². The van der Waals surface area contributed by atoms with Crippen molar-refractivity contribution in [2.24, 2.45) is 5.10 Å². The van der Waals surface area contributed by atoms with E-state index in [0.29, 0.717) is 5.39 Å². The summed E-state index contributed by atoms with van der Waals surface area (Å²) in [5, 5.41) is 37.3. The van der Waals surface area contributed by atoms with E-state index in [4.69, 9.17) is 4.74 Å². The Morgan fingerprint density at radius 1 is 1.37 bits per heavy atom. The summed E-state index contributed by atoms with van der Waals surface area (Å²) in [6, 6.07) is 9.23. The van der Waals surface area contributed by atoms with E-state index in [0.717, 1.165) is 28.3 Å². The van der Waals surface area contributed by atoms with Crippen LogP contribution in [-0.4, -0.2) is 29.3 Å². The molecule has 1 heterocycles. The van der Waals surface area contributed by atoms with Crippen molar-refractivity contribution in [1.82, 2.24) is 5.43 Å². The Kier molecular flexibility index (Phi) is 4.90. The summed E-state index contributed by atoms with van der Waals surface area (Å²) in [6.45, 7) is 0. The Hall–Kier alpha value is -3.66. The molecule has 2 N–H and O–H groups in total. The maximum absolute atomic E-state index is 12.2. The van der Waals surface area contributed by atoms with E-state index in [-0.39, 0.29) is 21.9 Å². The van der Waals surface area contributed by atoms with Crippen LogP contribution in [-0.2, 0) is 0 Å². The number of ether oxygens (including phenoxy) is 1.